The Morgan fingerprint density at radius 1 is 1.15 bits per heavy atom. The van der Waals surface area contributed by atoms with E-state index in [1.807, 2.05) is 24.7 Å². The zero-order valence-electron chi connectivity index (χ0n) is 7.86. The first-order valence-electron chi connectivity index (χ1n) is 4.47. The van der Waals surface area contributed by atoms with Crippen LogP contribution in [0.2, 0.25) is 0 Å². The van der Waals surface area contributed by atoms with Gasteiger partial charge in [-0.2, -0.15) is 0 Å². The first-order valence-corrected chi connectivity index (χ1v) is 4.47. The maximum Gasteiger partial charge on any atom is 0.0435 e. The van der Waals surface area contributed by atoms with E-state index in [2.05, 4.69) is 29.9 Å². The molecule has 2 nitrogen and oxygen atoms in total. The van der Waals surface area contributed by atoms with E-state index >= 15 is 0 Å². The van der Waals surface area contributed by atoms with Crippen molar-refractivity contribution in [2.75, 3.05) is 0 Å². The maximum atomic E-state index is 4.37. The van der Waals surface area contributed by atoms with Gasteiger partial charge < -0.3 is 0 Å². The van der Waals surface area contributed by atoms with Crippen LogP contribution in [0.5, 0.6) is 0 Å². The fraction of sp³-hybridized carbons (Fsp3) is 0.273. The van der Waals surface area contributed by atoms with E-state index in [0.717, 1.165) is 11.1 Å². The number of hydrogen-bond acceptors (Lipinski definition) is 2. The van der Waals surface area contributed by atoms with Crippen LogP contribution in [0.1, 0.15) is 25.5 Å². The van der Waals surface area contributed by atoms with Crippen LogP contribution < -0.4 is 0 Å². The highest BCUT2D eigenvalue weighted by molar-refractivity contribution is 5.80. The fourth-order valence-corrected chi connectivity index (χ4v) is 1.31. The van der Waals surface area contributed by atoms with Gasteiger partial charge in [0.1, 0.15) is 0 Å². The average Bonchev–Trinajstić information content (AvgIpc) is 2.17. The van der Waals surface area contributed by atoms with Gasteiger partial charge in [-0.3, -0.25) is 9.97 Å². The maximum absolute atomic E-state index is 4.37. The summed E-state index contributed by atoms with van der Waals surface area (Å²) in [6, 6.07) is 4.14. The van der Waals surface area contributed by atoms with Gasteiger partial charge in [-0.05, 0) is 23.4 Å². The van der Waals surface area contributed by atoms with Crippen LogP contribution in [-0.4, -0.2) is 9.97 Å². The van der Waals surface area contributed by atoms with Gasteiger partial charge in [0.15, 0.2) is 0 Å². The quantitative estimate of drug-likeness (QED) is 0.661. The Balaban J connectivity index is 2.62. The molecule has 2 rings (SSSR count). The molecule has 0 aliphatic heterocycles. The molecule has 0 aliphatic carbocycles. The van der Waals surface area contributed by atoms with Gasteiger partial charge in [0.25, 0.3) is 0 Å². The van der Waals surface area contributed by atoms with Crippen LogP contribution in [0.3, 0.4) is 0 Å². The monoisotopic (exact) mass is 172 g/mol. The van der Waals surface area contributed by atoms with Gasteiger partial charge in [0, 0.05) is 29.7 Å². The van der Waals surface area contributed by atoms with Crippen LogP contribution in [0.15, 0.2) is 30.7 Å². The number of aromatic nitrogens is 2. The molecule has 13 heavy (non-hydrogen) atoms. The van der Waals surface area contributed by atoms with E-state index in [-0.39, 0.29) is 0 Å². The molecular formula is C11H12N2. The molecule has 0 amide bonds. The summed E-state index contributed by atoms with van der Waals surface area (Å²) in [5.41, 5.74) is 1.14. The Kier molecular flexibility index (Phi) is 1.97. The summed E-state index contributed by atoms with van der Waals surface area (Å²) in [7, 11) is 0. The Morgan fingerprint density at radius 3 is 2.77 bits per heavy atom. The van der Waals surface area contributed by atoms with Crippen molar-refractivity contribution < 1.29 is 0 Å². The normalized spacial score (nSPS) is 11.0. The van der Waals surface area contributed by atoms with Gasteiger partial charge in [-0.15, -0.1) is 0 Å². The van der Waals surface area contributed by atoms with Crippen LogP contribution in [0, 0.1) is 0 Å². The highest BCUT2D eigenvalue weighted by Crippen LogP contribution is 2.17. The number of nitrogens with zero attached hydrogens (tertiary/aromatic N) is 2. The van der Waals surface area contributed by atoms with E-state index in [1.54, 1.807) is 0 Å². The summed E-state index contributed by atoms with van der Waals surface area (Å²) in [4.78, 5) is 8.41. The lowest BCUT2D eigenvalue weighted by atomic mass is 10.1. The van der Waals surface area contributed by atoms with Crippen LogP contribution in [-0.2, 0) is 0 Å². The summed E-state index contributed by atoms with van der Waals surface area (Å²) in [5, 5.41) is 2.32. The summed E-state index contributed by atoms with van der Waals surface area (Å²) >= 11 is 0. The first kappa shape index (κ1) is 8.17. The molecule has 66 valence electrons. The second kappa shape index (κ2) is 3.13. The molecule has 0 atom stereocenters. The summed E-state index contributed by atoms with van der Waals surface area (Å²) in [6.07, 6.45) is 5.54. The highest BCUT2D eigenvalue weighted by Gasteiger charge is 2.01. The summed E-state index contributed by atoms with van der Waals surface area (Å²) < 4.78 is 0. The zero-order valence-corrected chi connectivity index (χ0v) is 7.86. The Morgan fingerprint density at radius 2 is 2.00 bits per heavy atom. The Labute approximate surface area is 77.6 Å². The summed E-state index contributed by atoms with van der Waals surface area (Å²) in [5.74, 6) is 0.484. The molecule has 0 radical (unpaired) electrons. The number of pyridine rings is 2. The van der Waals surface area contributed by atoms with Crippen molar-refractivity contribution >= 4 is 10.8 Å². The molecule has 0 saturated carbocycles. The SMILES string of the molecule is CC(C)c1cc2ccncc2cn1. The topological polar surface area (TPSA) is 25.8 Å². The lowest BCUT2D eigenvalue weighted by molar-refractivity contribution is 0.826. The Hall–Kier alpha value is -1.44. The molecule has 0 bridgehead atoms. The lowest BCUT2D eigenvalue weighted by Crippen LogP contribution is -1.91. The number of hydrogen-bond donors (Lipinski definition) is 0. The predicted molar refractivity (Wildman–Crippen MR) is 53.6 cm³/mol. The van der Waals surface area contributed by atoms with Crippen LogP contribution in [0.25, 0.3) is 10.8 Å². The minimum Gasteiger partial charge on any atom is -0.264 e. The van der Waals surface area contributed by atoms with E-state index in [1.165, 1.54) is 5.39 Å². The first-order chi connectivity index (χ1) is 6.27. The molecule has 2 heteroatoms. The largest absolute Gasteiger partial charge is 0.264 e. The molecule has 0 saturated heterocycles. The van der Waals surface area contributed by atoms with Crippen molar-refractivity contribution in [3.63, 3.8) is 0 Å². The standard InChI is InChI=1S/C11H12N2/c1-8(2)11-5-9-3-4-12-6-10(9)7-13-11/h3-8H,1-2H3. The van der Waals surface area contributed by atoms with Gasteiger partial charge in [0.2, 0.25) is 0 Å². The van der Waals surface area contributed by atoms with Gasteiger partial charge in [0.05, 0.1) is 0 Å². The zero-order chi connectivity index (χ0) is 9.26. The molecule has 0 unspecified atom stereocenters. The minimum atomic E-state index is 0.484. The molecular weight excluding hydrogens is 160 g/mol. The molecule has 2 aromatic heterocycles. The van der Waals surface area contributed by atoms with Gasteiger partial charge >= 0.3 is 0 Å². The number of fused-ring (bicyclic) bond motifs is 1. The van der Waals surface area contributed by atoms with E-state index in [0.29, 0.717) is 5.92 Å². The highest BCUT2D eigenvalue weighted by atomic mass is 14.7. The third-order valence-electron chi connectivity index (χ3n) is 2.13. The van der Waals surface area contributed by atoms with Crippen molar-refractivity contribution in [3.8, 4) is 0 Å². The number of rotatable bonds is 1. The smallest absolute Gasteiger partial charge is 0.0435 e. The molecule has 2 aromatic rings. The lowest BCUT2D eigenvalue weighted by Gasteiger charge is -2.04. The molecule has 0 aliphatic rings. The Bertz CT molecular complexity index is 421. The second-order valence-electron chi connectivity index (χ2n) is 3.49. The predicted octanol–water partition coefficient (Wildman–Crippen LogP) is 2.75. The molecule has 0 N–H and O–H groups in total. The van der Waals surface area contributed by atoms with Crippen molar-refractivity contribution in [3.05, 3.63) is 36.4 Å². The molecule has 0 spiro atoms. The van der Waals surface area contributed by atoms with Gasteiger partial charge in [-0.1, -0.05) is 13.8 Å². The van der Waals surface area contributed by atoms with E-state index in [4.69, 9.17) is 0 Å². The van der Waals surface area contributed by atoms with Crippen LogP contribution in [0.4, 0.5) is 0 Å². The summed E-state index contributed by atoms with van der Waals surface area (Å²) in [6.45, 7) is 4.30. The molecule has 2 heterocycles. The fourth-order valence-electron chi connectivity index (χ4n) is 1.31. The third-order valence-corrected chi connectivity index (χ3v) is 2.13. The second-order valence-corrected chi connectivity index (χ2v) is 3.49. The van der Waals surface area contributed by atoms with Crippen molar-refractivity contribution in [2.24, 2.45) is 0 Å². The van der Waals surface area contributed by atoms with Crippen molar-refractivity contribution in [1.29, 1.82) is 0 Å². The molecule has 0 fully saturated rings. The third kappa shape index (κ3) is 1.52. The van der Waals surface area contributed by atoms with Gasteiger partial charge in [-0.25, -0.2) is 0 Å². The van der Waals surface area contributed by atoms with E-state index < -0.39 is 0 Å². The molecule has 0 aromatic carbocycles. The van der Waals surface area contributed by atoms with Crippen molar-refractivity contribution in [2.45, 2.75) is 19.8 Å². The van der Waals surface area contributed by atoms with Crippen LogP contribution >= 0.6 is 0 Å². The average molecular weight is 172 g/mol. The minimum absolute atomic E-state index is 0.484. The van der Waals surface area contributed by atoms with Crippen molar-refractivity contribution in [1.82, 2.24) is 9.97 Å². The van der Waals surface area contributed by atoms with E-state index in [9.17, 15) is 0 Å².